The highest BCUT2D eigenvalue weighted by Gasteiger charge is 2.39. The van der Waals surface area contributed by atoms with Crippen LogP contribution in [0.2, 0.25) is 0 Å². The summed E-state index contributed by atoms with van der Waals surface area (Å²) in [5, 5.41) is 6.48. The first kappa shape index (κ1) is 34.0. The second-order valence-electron chi connectivity index (χ2n) is 11.4. The molecular formula is C39H43N3O4S. The number of ether oxygens (including phenoxy) is 2. The van der Waals surface area contributed by atoms with E-state index in [1.54, 1.807) is 16.2 Å². The zero-order valence-electron chi connectivity index (χ0n) is 27.2. The Morgan fingerprint density at radius 1 is 0.787 bits per heavy atom. The van der Waals surface area contributed by atoms with Crippen LogP contribution >= 0.6 is 11.3 Å². The SMILES string of the molecule is CCOC(OCC)[C@H](C)N(Cc1csc2ccccc12)C(=O)[C@@H](N)CC(=O)NC(c1ccccc1)(c1ccccc1)c1ccccc1. The minimum Gasteiger partial charge on any atom is -0.351 e. The van der Waals surface area contributed by atoms with Crippen molar-refractivity contribution in [2.45, 2.75) is 57.6 Å². The number of benzene rings is 4. The van der Waals surface area contributed by atoms with Gasteiger partial charge in [-0.05, 0) is 59.9 Å². The lowest BCUT2D eigenvalue weighted by atomic mass is 9.77. The van der Waals surface area contributed by atoms with E-state index in [2.05, 4.69) is 22.8 Å². The molecule has 0 spiro atoms. The zero-order valence-corrected chi connectivity index (χ0v) is 28.0. The van der Waals surface area contributed by atoms with Gasteiger partial charge >= 0.3 is 0 Å². The Hall–Kier alpha value is -4.34. The van der Waals surface area contributed by atoms with E-state index < -0.39 is 23.9 Å². The average molecular weight is 650 g/mol. The van der Waals surface area contributed by atoms with Crippen molar-refractivity contribution in [1.82, 2.24) is 10.2 Å². The van der Waals surface area contributed by atoms with Crippen molar-refractivity contribution in [3.8, 4) is 0 Å². The molecule has 7 nitrogen and oxygen atoms in total. The Morgan fingerprint density at radius 2 is 1.28 bits per heavy atom. The summed E-state index contributed by atoms with van der Waals surface area (Å²) in [5.41, 5.74) is 9.31. The molecule has 1 aromatic heterocycles. The molecule has 0 saturated carbocycles. The van der Waals surface area contributed by atoms with Gasteiger partial charge in [0.1, 0.15) is 5.54 Å². The van der Waals surface area contributed by atoms with E-state index in [1.807, 2.05) is 124 Å². The summed E-state index contributed by atoms with van der Waals surface area (Å²) in [6, 6.07) is 36.1. The average Bonchev–Trinajstić information content (AvgIpc) is 3.52. The fourth-order valence-electron chi connectivity index (χ4n) is 6.10. The highest BCUT2D eigenvalue weighted by Crippen LogP contribution is 2.37. The van der Waals surface area contributed by atoms with Gasteiger partial charge in [-0.2, -0.15) is 0 Å². The van der Waals surface area contributed by atoms with Gasteiger partial charge in [-0.1, -0.05) is 109 Å². The van der Waals surface area contributed by atoms with Crippen molar-refractivity contribution in [1.29, 1.82) is 0 Å². The highest BCUT2D eigenvalue weighted by molar-refractivity contribution is 7.17. The van der Waals surface area contributed by atoms with E-state index in [1.165, 1.54) is 0 Å². The van der Waals surface area contributed by atoms with Gasteiger partial charge in [-0.25, -0.2) is 0 Å². The quantitative estimate of drug-likeness (QED) is 0.0957. The van der Waals surface area contributed by atoms with Gasteiger partial charge in [-0.15, -0.1) is 11.3 Å². The van der Waals surface area contributed by atoms with Crippen molar-refractivity contribution < 1.29 is 19.1 Å². The van der Waals surface area contributed by atoms with Crippen LogP contribution in [0.15, 0.2) is 121 Å². The van der Waals surface area contributed by atoms with E-state index in [9.17, 15) is 9.59 Å². The van der Waals surface area contributed by atoms with Crippen molar-refractivity contribution in [2.24, 2.45) is 5.73 Å². The summed E-state index contributed by atoms with van der Waals surface area (Å²) >= 11 is 1.63. The van der Waals surface area contributed by atoms with E-state index >= 15 is 0 Å². The van der Waals surface area contributed by atoms with Crippen molar-refractivity contribution in [3.05, 3.63) is 143 Å². The maximum Gasteiger partial charge on any atom is 0.240 e. The predicted molar refractivity (Wildman–Crippen MR) is 189 cm³/mol. The lowest BCUT2D eigenvalue weighted by Gasteiger charge is -2.38. The fourth-order valence-corrected chi connectivity index (χ4v) is 7.06. The number of fused-ring (bicyclic) bond motifs is 1. The fraction of sp³-hybridized carbons (Fsp3) is 0.282. The molecule has 244 valence electrons. The minimum atomic E-state index is -1.11. The standard InChI is InChI=1S/C39H43N3O4S/c1-4-45-38(46-5-2)28(3)42(26-29-27-47-35-24-16-15-23-33(29)35)37(44)34(40)25-36(43)41-39(30-17-9-6-10-18-30,31-19-11-7-12-20-31)32-21-13-8-14-22-32/h6-24,27-28,34,38H,4-5,25-26,40H2,1-3H3,(H,41,43)/t28-,34-/m0/s1. The number of hydrogen-bond acceptors (Lipinski definition) is 6. The molecule has 0 fully saturated rings. The molecule has 0 unspecified atom stereocenters. The Bertz CT molecular complexity index is 1630. The van der Waals surface area contributed by atoms with Crippen LogP contribution in [-0.4, -0.2) is 48.3 Å². The number of amides is 2. The first-order chi connectivity index (χ1) is 22.9. The molecule has 0 saturated heterocycles. The summed E-state index contributed by atoms with van der Waals surface area (Å²) in [5.74, 6) is -0.695. The third kappa shape index (κ3) is 7.63. The molecule has 5 aromatic rings. The second-order valence-corrected chi connectivity index (χ2v) is 12.4. The molecule has 0 radical (unpaired) electrons. The molecular weight excluding hydrogens is 607 g/mol. The summed E-state index contributed by atoms with van der Waals surface area (Å²) < 4.78 is 13.0. The second kappa shape index (κ2) is 16.0. The Labute approximate surface area is 281 Å². The normalized spacial score (nSPS) is 13.0. The third-order valence-corrected chi connectivity index (χ3v) is 9.41. The number of carbonyl (C=O) groups is 2. The molecule has 2 amide bonds. The molecule has 0 aliphatic heterocycles. The smallest absolute Gasteiger partial charge is 0.240 e. The van der Waals surface area contributed by atoms with Crippen LogP contribution in [0.3, 0.4) is 0 Å². The number of nitrogens with two attached hydrogens (primary N) is 1. The first-order valence-corrected chi connectivity index (χ1v) is 17.0. The van der Waals surface area contributed by atoms with Crippen molar-refractivity contribution in [2.75, 3.05) is 13.2 Å². The third-order valence-electron chi connectivity index (χ3n) is 8.40. The van der Waals surface area contributed by atoms with Crippen molar-refractivity contribution in [3.63, 3.8) is 0 Å². The van der Waals surface area contributed by atoms with Crippen molar-refractivity contribution >= 4 is 33.2 Å². The minimum absolute atomic E-state index is 0.214. The summed E-state index contributed by atoms with van der Waals surface area (Å²) in [6.45, 7) is 6.84. The van der Waals surface area contributed by atoms with Crippen LogP contribution in [0, 0.1) is 0 Å². The molecule has 47 heavy (non-hydrogen) atoms. The van der Waals surface area contributed by atoms with Gasteiger partial charge in [0.05, 0.1) is 18.5 Å². The summed E-state index contributed by atoms with van der Waals surface area (Å²) in [6.07, 6.45) is -0.865. The number of nitrogens with one attached hydrogen (secondary N) is 1. The largest absolute Gasteiger partial charge is 0.351 e. The first-order valence-electron chi connectivity index (χ1n) is 16.1. The Morgan fingerprint density at radius 3 is 1.79 bits per heavy atom. The summed E-state index contributed by atoms with van der Waals surface area (Å²) in [7, 11) is 0. The van der Waals surface area contributed by atoms with Crippen LogP contribution in [0.5, 0.6) is 0 Å². The van der Waals surface area contributed by atoms with E-state index in [4.69, 9.17) is 15.2 Å². The topological polar surface area (TPSA) is 93.9 Å². The van der Waals surface area contributed by atoms with Crippen LogP contribution in [-0.2, 0) is 31.1 Å². The maximum atomic E-state index is 14.3. The van der Waals surface area contributed by atoms with E-state index in [0.29, 0.717) is 19.8 Å². The summed E-state index contributed by atoms with van der Waals surface area (Å²) in [4.78, 5) is 30.1. The lowest BCUT2D eigenvalue weighted by Crippen LogP contribution is -2.54. The number of thiophene rings is 1. The predicted octanol–water partition coefficient (Wildman–Crippen LogP) is 6.84. The number of nitrogens with zero attached hydrogens (tertiary/aromatic N) is 1. The Kier molecular flexibility index (Phi) is 11.6. The van der Waals surface area contributed by atoms with Gasteiger partial charge in [0.15, 0.2) is 6.29 Å². The molecule has 2 atom stereocenters. The Balaban J connectivity index is 1.46. The van der Waals surface area contributed by atoms with Gasteiger partial charge in [-0.3, -0.25) is 9.59 Å². The molecule has 1 heterocycles. The van der Waals surface area contributed by atoms with Gasteiger partial charge in [0.2, 0.25) is 11.8 Å². The van der Waals surface area contributed by atoms with Crippen LogP contribution in [0.1, 0.15) is 49.4 Å². The molecule has 0 bridgehead atoms. The number of carbonyl (C=O) groups excluding carboxylic acids is 2. The van der Waals surface area contributed by atoms with Gasteiger partial charge < -0.3 is 25.4 Å². The molecule has 0 aliphatic carbocycles. The van der Waals surface area contributed by atoms with Gasteiger partial charge in [0.25, 0.3) is 0 Å². The molecule has 8 heteroatoms. The molecule has 3 N–H and O–H groups in total. The number of hydrogen-bond donors (Lipinski definition) is 2. The van der Waals surface area contributed by atoms with E-state index in [-0.39, 0.29) is 18.2 Å². The zero-order chi connectivity index (χ0) is 33.2. The number of rotatable bonds is 15. The maximum absolute atomic E-state index is 14.3. The van der Waals surface area contributed by atoms with Crippen LogP contribution in [0.4, 0.5) is 0 Å². The van der Waals surface area contributed by atoms with Gasteiger partial charge in [0, 0.05) is 24.5 Å². The highest BCUT2D eigenvalue weighted by atomic mass is 32.1. The molecule has 0 aliphatic rings. The molecule has 5 rings (SSSR count). The van der Waals surface area contributed by atoms with Crippen LogP contribution < -0.4 is 11.1 Å². The van der Waals surface area contributed by atoms with E-state index in [0.717, 1.165) is 32.3 Å². The van der Waals surface area contributed by atoms with Crippen LogP contribution in [0.25, 0.3) is 10.1 Å². The monoisotopic (exact) mass is 649 g/mol. The lowest BCUT2D eigenvalue weighted by molar-refractivity contribution is -0.179. The molecule has 4 aromatic carbocycles.